The highest BCUT2D eigenvalue weighted by molar-refractivity contribution is 6.60. The first kappa shape index (κ1) is 27.7. The van der Waals surface area contributed by atoms with Crippen molar-refractivity contribution in [1.82, 2.24) is 0 Å². The molecule has 0 saturated carbocycles. The first-order chi connectivity index (χ1) is 15.1. The molecule has 0 bridgehead atoms. The summed E-state index contributed by atoms with van der Waals surface area (Å²) in [4.78, 5) is 0. The highest BCUT2D eigenvalue weighted by Crippen LogP contribution is 2.30. The molecule has 0 saturated heterocycles. The van der Waals surface area contributed by atoms with E-state index in [4.69, 9.17) is 32.2 Å². The van der Waals surface area contributed by atoms with E-state index >= 15 is 0 Å². The molecule has 0 atom stereocenters. The van der Waals surface area contributed by atoms with Crippen LogP contribution >= 0.6 is 0 Å². The molecule has 0 aromatic heterocycles. The predicted molar refractivity (Wildman–Crippen MR) is 124 cm³/mol. The van der Waals surface area contributed by atoms with Gasteiger partial charge in [0.1, 0.15) is 13.2 Å². The molecule has 0 spiro atoms. The molecule has 1 aromatic carbocycles. The first-order valence-electron chi connectivity index (χ1n) is 11.2. The third kappa shape index (κ3) is 11.2. The molecule has 0 aliphatic carbocycles. The molecule has 31 heavy (non-hydrogen) atoms. The molecule has 0 fully saturated rings. The maximum atomic E-state index is 5.92. The van der Waals surface area contributed by atoms with Crippen molar-refractivity contribution >= 4 is 14.5 Å². The Morgan fingerprint density at radius 3 is 1.87 bits per heavy atom. The highest BCUT2D eigenvalue weighted by Gasteiger charge is 2.39. The normalized spacial score (nSPS) is 11.5. The van der Waals surface area contributed by atoms with Crippen molar-refractivity contribution in [3.8, 4) is 11.5 Å². The van der Waals surface area contributed by atoms with Crippen molar-refractivity contribution in [3.05, 3.63) is 18.2 Å². The lowest BCUT2D eigenvalue weighted by atomic mass is 10.2. The van der Waals surface area contributed by atoms with Crippen LogP contribution in [0.5, 0.6) is 11.5 Å². The summed E-state index contributed by atoms with van der Waals surface area (Å²) in [6.45, 7) is 10.6. The molecular formula is C22H41NO7Si. The predicted octanol–water partition coefficient (Wildman–Crippen LogP) is 3.98. The molecule has 180 valence electrons. The molecule has 0 amide bonds. The summed E-state index contributed by atoms with van der Waals surface area (Å²) < 4.78 is 39.5. The van der Waals surface area contributed by atoms with Gasteiger partial charge >= 0.3 is 8.80 Å². The van der Waals surface area contributed by atoms with E-state index in [1.165, 1.54) is 0 Å². The van der Waals surface area contributed by atoms with E-state index in [0.717, 1.165) is 31.1 Å². The van der Waals surface area contributed by atoms with Crippen LogP contribution in [-0.2, 0) is 22.8 Å². The topological polar surface area (TPSA) is 76.6 Å². The minimum Gasteiger partial charge on any atom is -0.487 e. The average Bonchev–Trinajstić information content (AvgIpc) is 2.76. The Balaban J connectivity index is 2.58. The highest BCUT2D eigenvalue weighted by atomic mass is 28.4. The quantitative estimate of drug-likeness (QED) is 0.232. The van der Waals surface area contributed by atoms with Gasteiger partial charge in [0, 0.05) is 58.4 Å². The van der Waals surface area contributed by atoms with E-state index in [2.05, 4.69) is 5.32 Å². The van der Waals surface area contributed by atoms with Gasteiger partial charge in [-0.15, -0.1) is 0 Å². The number of rotatable bonds is 20. The molecule has 0 heterocycles. The van der Waals surface area contributed by atoms with Crippen LogP contribution in [0.2, 0.25) is 6.04 Å². The molecule has 0 radical (unpaired) electrons. The third-order valence-corrected chi connectivity index (χ3v) is 7.52. The zero-order valence-electron chi connectivity index (χ0n) is 19.9. The van der Waals surface area contributed by atoms with E-state index in [9.17, 15) is 0 Å². The number of anilines is 1. The van der Waals surface area contributed by atoms with Gasteiger partial charge in [-0.25, -0.2) is 0 Å². The molecule has 0 aliphatic rings. The molecule has 1 aromatic rings. The van der Waals surface area contributed by atoms with E-state index in [-0.39, 0.29) is 0 Å². The zero-order valence-corrected chi connectivity index (χ0v) is 20.9. The maximum absolute atomic E-state index is 5.92. The zero-order chi connectivity index (χ0) is 22.8. The van der Waals surface area contributed by atoms with Crippen molar-refractivity contribution in [2.75, 3.05) is 72.3 Å². The monoisotopic (exact) mass is 459 g/mol. The van der Waals surface area contributed by atoms with E-state index in [1.54, 1.807) is 14.2 Å². The second kappa shape index (κ2) is 17.2. The summed E-state index contributed by atoms with van der Waals surface area (Å²) in [5, 5.41) is 3.45. The summed E-state index contributed by atoms with van der Waals surface area (Å²) in [7, 11) is 0.737. The van der Waals surface area contributed by atoms with Crippen molar-refractivity contribution in [3.63, 3.8) is 0 Å². The standard InChI is InChI=1S/C22H41NO7Si/c1-6-28-31(29-7-2,30-8-3)18-10-9-13-23-20-11-12-21(26-16-14-24-4)22(19-20)27-17-15-25-5/h11-12,19,23H,6-10,13-18H2,1-5H3. The van der Waals surface area contributed by atoms with Crippen LogP contribution < -0.4 is 14.8 Å². The van der Waals surface area contributed by atoms with Gasteiger partial charge < -0.3 is 37.5 Å². The van der Waals surface area contributed by atoms with E-state index < -0.39 is 8.80 Å². The van der Waals surface area contributed by atoms with Crippen LogP contribution in [0.25, 0.3) is 0 Å². The van der Waals surface area contributed by atoms with Gasteiger partial charge in [-0.1, -0.05) is 0 Å². The molecule has 0 aliphatic heterocycles. The number of unbranched alkanes of at least 4 members (excludes halogenated alkanes) is 1. The number of nitrogens with one attached hydrogen (secondary N) is 1. The Bertz CT molecular complexity index is 560. The summed E-state index contributed by atoms with van der Waals surface area (Å²) in [5.41, 5.74) is 0.981. The average molecular weight is 460 g/mol. The fourth-order valence-corrected chi connectivity index (χ4v) is 5.71. The van der Waals surface area contributed by atoms with Crippen molar-refractivity contribution in [2.45, 2.75) is 39.7 Å². The lowest BCUT2D eigenvalue weighted by molar-refractivity contribution is 0.0707. The molecule has 8 nitrogen and oxygen atoms in total. The van der Waals surface area contributed by atoms with Gasteiger partial charge in [0.15, 0.2) is 11.5 Å². The molecule has 1 rings (SSSR count). The number of benzene rings is 1. The number of hydrogen-bond donors (Lipinski definition) is 1. The second-order valence-electron chi connectivity index (χ2n) is 6.71. The summed E-state index contributed by atoms with van der Waals surface area (Å²) >= 11 is 0. The molecule has 1 N–H and O–H groups in total. The minimum atomic E-state index is -2.56. The molecule has 9 heteroatoms. The summed E-state index contributed by atoms with van der Waals surface area (Å²) in [5.74, 6) is 1.38. The van der Waals surface area contributed by atoms with Gasteiger partial charge in [-0.2, -0.15) is 0 Å². The van der Waals surface area contributed by atoms with Crippen molar-refractivity contribution in [2.24, 2.45) is 0 Å². The molecule has 0 unspecified atom stereocenters. The largest absolute Gasteiger partial charge is 0.500 e. The van der Waals surface area contributed by atoms with Crippen LogP contribution in [0.1, 0.15) is 33.6 Å². The van der Waals surface area contributed by atoms with Gasteiger partial charge in [0.2, 0.25) is 0 Å². The van der Waals surface area contributed by atoms with Crippen LogP contribution in [0.4, 0.5) is 5.69 Å². The first-order valence-corrected chi connectivity index (χ1v) is 13.1. The van der Waals surface area contributed by atoms with Gasteiger partial charge in [-0.3, -0.25) is 0 Å². The third-order valence-electron chi connectivity index (χ3n) is 4.37. The fraction of sp³-hybridized carbons (Fsp3) is 0.727. The Morgan fingerprint density at radius 2 is 1.32 bits per heavy atom. The van der Waals surface area contributed by atoms with Gasteiger partial charge in [-0.05, 0) is 45.7 Å². The minimum absolute atomic E-state index is 0.458. The SMILES string of the molecule is CCO[Si](CCCCNc1ccc(OCCOC)c(OCCOC)c1)(OCC)OCC. The van der Waals surface area contributed by atoms with Crippen LogP contribution in [0.3, 0.4) is 0 Å². The lowest BCUT2D eigenvalue weighted by Crippen LogP contribution is -2.45. The fourth-order valence-electron chi connectivity index (χ4n) is 3.02. The number of methoxy groups -OCH3 is 2. The lowest BCUT2D eigenvalue weighted by Gasteiger charge is -2.28. The van der Waals surface area contributed by atoms with Crippen LogP contribution in [0, 0.1) is 0 Å². The Morgan fingerprint density at radius 1 is 0.742 bits per heavy atom. The molecular weight excluding hydrogens is 418 g/mol. The van der Waals surface area contributed by atoms with Crippen molar-refractivity contribution in [1.29, 1.82) is 0 Å². The van der Waals surface area contributed by atoms with Crippen molar-refractivity contribution < 1.29 is 32.2 Å². The van der Waals surface area contributed by atoms with Gasteiger partial charge in [0.05, 0.1) is 13.2 Å². The maximum Gasteiger partial charge on any atom is 0.500 e. The van der Waals surface area contributed by atoms with E-state index in [0.29, 0.717) is 57.7 Å². The second-order valence-corrected chi connectivity index (χ2v) is 9.44. The number of hydrogen-bond acceptors (Lipinski definition) is 8. The Hall–Kier alpha value is -1.36. The van der Waals surface area contributed by atoms with Gasteiger partial charge in [0.25, 0.3) is 0 Å². The summed E-state index contributed by atoms with van der Waals surface area (Å²) in [6, 6.07) is 6.68. The Labute approximate surface area is 188 Å². The van der Waals surface area contributed by atoms with Crippen LogP contribution in [-0.4, -0.2) is 75.8 Å². The van der Waals surface area contributed by atoms with Crippen LogP contribution in [0.15, 0.2) is 18.2 Å². The number of ether oxygens (including phenoxy) is 4. The summed E-state index contributed by atoms with van der Waals surface area (Å²) in [6.07, 6.45) is 1.95. The Kier molecular flexibility index (Phi) is 15.4. The smallest absolute Gasteiger partial charge is 0.487 e. The van der Waals surface area contributed by atoms with E-state index in [1.807, 2.05) is 39.0 Å².